The molecule has 0 aromatic rings. The molecule has 0 aliphatic rings. The molecule has 0 bridgehead atoms. The van der Waals surface area contributed by atoms with Crippen LogP contribution in [-0.4, -0.2) is 25.4 Å². The third-order valence-electron chi connectivity index (χ3n) is 0.892. The zero-order valence-electron chi connectivity index (χ0n) is 5.19. The first-order valence-electron chi connectivity index (χ1n) is 3.02. The topological polar surface area (TPSA) is 39.7 Å². The van der Waals surface area contributed by atoms with Crippen LogP contribution in [0.2, 0.25) is 0 Å². The van der Waals surface area contributed by atoms with Gasteiger partial charge < -0.3 is 11.1 Å². The molecule has 0 heterocycles. The van der Waals surface area contributed by atoms with Crippen molar-refractivity contribution in [3.63, 3.8) is 0 Å². The Morgan fingerprint density at radius 1 is 1.38 bits per heavy atom. The monoisotopic (exact) mass is 135 g/mol. The van der Waals surface area contributed by atoms with Crippen molar-refractivity contribution in [1.29, 1.82) is 0 Å². The lowest BCUT2D eigenvalue weighted by atomic mass is 10.4. The summed E-state index contributed by atoms with van der Waals surface area (Å²) < 4.78 is 0. The molecule has 2 nitrogen and oxygen atoms in total. The van der Waals surface area contributed by atoms with E-state index in [0.29, 0.717) is 0 Å². The molecule has 0 amide bonds. The molecule has 0 aromatic heterocycles. The van der Waals surface area contributed by atoms with Crippen molar-refractivity contribution in [3.05, 3.63) is 0 Å². The smallest absolute Gasteiger partial charge is 0.0752 e. The van der Waals surface area contributed by atoms with Gasteiger partial charge in [0.15, 0.2) is 0 Å². The van der Waals surface area contributed by atoms with Gasteiger partial charge in [-0.3, -0.25) is 0 Å². The average molecular weight is 135 g/mol. The van der Waals surface area contributed by atoms with Gasteiger partial charge in [0, 0.05) is 25.3 Å². The summed E-state index contributed by atoms with van der Waals surface area (Å²) >= 11 is 4.04. The molecule has 0 rings (SSSR count). The van der Waals surface area contributed by atoms with Crippen LogP contribution in [0.1, 0.15) is 6.42 Å². The van der Waals surface area contributed by atoms with Gasteiger partial charge in [-0.25, -0.2) is 0 Å². The first-order chi connectivity index (χ1) is 3.91. The highest BCUT2D eigenvalue weighted by atomic mass is 32.1. The molecule has 8 heavy (non-hydrogen) atoms. The van der Waals surface area contributed by atoms with Gasteiger partial charge in [-0.1, -0.05) is 0 Å². The van der Waals surface area contributed by atoms with Crippen LogP contribution in [0.4, 0.5) is 0 Å². The Morgan fingerprint density at radius 3 is 2.62 bits per heavy atom. The van der Waals surface area contributed by atoms with Crippen molar-refractivity contribution < 1.29 is 5.73 Å². The van der Waals surface area contributed by atoms with Crippen molar-refractivity contribution in [1.82, 2.24) is 5.32 Å². The number of hydrogen-bond donors (Lipinski definition) is 3. The number of hydrogen-bond acceptors (Lipinski definition) is 2. The quantitative estimate of drug-likeness (QED) is 0.333. The van der Waals surface area contributed by atoms with E-state index in [2.05, 4.69) is 23.7 Å². The second-order valence-corrected chi connectivity index (χ2v) is 2.13. The Bertz CT molecular complexity index is 35.4. The van der Waals surface area contributed by atoms with Crippen LogP contribution in [-0.2, 0) is 0 Å². The van der Waals surface area contributed by atoms with Gasteiger partial charge in [0.25, 0.3) is 0 Å². The summed E-state index contributed by atoms with van der Waals surface area (Å²) in [4.78, 5) is 0. The molecule has 0 saturated carbocycles. The van der Waals surface area contributed by atoms with E-state index in [1.807, 2.05) is 0 Å². The Labute approximate surface area is 56.2 Å². The van der Waals surface area contributed by atoms with Gasteiger partial charge in [-0.05, 0) is 0 Å². The predicted octanol–water partition coefficient (Wildman–Crippen LogP) is -0.862. The van der Waals surface area contributed by atoms with E-state index in [1.54, 1.807) is 0 Å². The summed E-state index contributed by atoms with van der Waals surface area (Å²) in [6.07, 6.45) is 1.17. The van der Waals surface area contributed by atoms with E-state index in [9.17, 15) is 0 Å². The van der Waals surface area contributed by atoms with Gasteiger partial charge >= 0.3 is 0 Å². The highest BCUT2D eigenvalue weighted by Crippen LogP contribution is 1.70. The zero-order valence-corrected chi connectivity index (χ0v) is 6.08. The minimum absolute atomic E-state index is 0.928. The van der Waals surface area contributed by atoms with E-state index in [-0.39, 0.29) is 0 Å². The van der Waals surface area contributed by atoms with Crippen LogP contribution in [0.3, 0.4) is 0 Å². The van der Waals surface area contributed by atoms with Crippen molar-refractivity contribution in [3.8, 4) is 0 Å². The fourth-order valence-corrected chi connectivity index (χ4v) is 0.612. The van der Waals surface area contributed by atoms with Crippen molar-refractivity contribution >= 4 is 12.6 Å². The van der Waals surface area contributed by atoms with Gasteiger partial charge in [-0.2, -0.15) is 12.6 Å². The zero-order chi connectivity index (χ0) is 6.24. The second-order valence-electron chi connectivity index (χ2n) is 1.68. The molecule has 50 valence electrons. The lowest BCUT2D eigenvalue weighted by Gasteiger charge is -1.96. The third kappa shape index (κ3) is 6.27. The van der Waals surface area contributed by atoms with Crippen molar-refractivity contribution in [2.75, 3.05) is 25.4 Å². The Balaban J connectivity index is 2.53. The third-order valence-corrected chi connectivity index (χ3v) is 1.12. The summed E-state index contributed by atoms with van der Waals surface area (Å²) in [6.45, 7) is 3.13. The highest BCUT2D eigenvalue weighted by Gasteiger charge is 1.82. The molecule has 0 aliphatic carbocycles. The summed E-state index contributed by atoms with van der Waals surface area (Å²) in [5.41, 5.74) is 3.72. The lowest BCUT2D eigenvalue weighted by Crippen LogP contribution is -2.51. The first-order valence-corrected chi connectivity index (χ1v) is 3.66. The molecule has 3 heteroatoms. The predicted molar refractivity (Wildman–Crippen MR) is 39.1 cm³/mol. The molecule has 0 spiro atoms. The van der Waals surface area contributed by atoms with E-state index in [1.165, 1.54) is 6.42 Å². The average Bonchev–Trinajstić information content (AvgIpc) is 1.81. The summed E-state index contributed by atoms with van der Waals surface area (Å²) in [5.74, 6) is 0.928. The standard InChI is InChI=1S/C5H14N2S/c6-2-1-3-7-4-5-8/h7-8H,1-6H2/p+1. The number of thiol groups is 1. The van der Waals surface area contributed by atoms with Crippen molar-refractivity contribution in [2.45, 2.75) is 6.42 Å². The molecule has 4 N–H and O–H groups in total. The molecule has 0 aliphatic heterocycles. The molecule has 0 aromatic carbocycles. The molecule has 0 saturated heterocycles. The van der Waals surface area contributed by atoms with E-state index in [0.717, 1.165) is 25.4 Å². The molecular weight excluding hydrogens is 120 g/mol. The van der Waals surface area contributed by atoms with Crippen LogP contribution < -0.4 is 11.1 Å². The van der Waals surface area contributed by atoms with Crippen LogP contribution in [0.25, 0.3) is 0 Å². The lowest BCUT2D eigenvalue weighted by molar-refractivity contribution is -0.367. The fourth-order valence-electron chi connectivity index (χ4n) is 0.454. The van der Waals surface area contributed by atoms with Crippen LogP contribution in [0.15, 0.2) is 0 Å². The second kappa shape index (κ2) is 7.27. The van der Waals surface area contributed by atoms with E-state index >= 15 is 0 Å². The van der Waals surface area contributed by atoms with E-state index in [4.69, 9.17) is 0 Å². The fraction of sp³-hybridized carbons (Fsp3) is 1.00. The summed E-state index contributed by atoms with van der Waals surface area (Å²) in [6, 6.07) is 0. The Hall–Kier alpha value is 0.270. The normalized spacial score (nSPS) is 9.75. The molecule has 0 radical (unpaired) electrons. The number of rotatable bonds is 5. The largest absolute Gasteiger partial charge is 0.358 e. The minimum atomic E-state index is 0.928. The van der Waals surface area contributed by atoms with Crippen LogP contribution in [0.5, 0.6) is 0 Å². The number of nitrogens with one attached hydrogen (secondary N) is 1. The van der Waals surface area contributed by atoms with E-state index < -0.39 is 0 Å². The minimum Gasteiger partial charge on any atom is -0.358 e. The molecular formula is C5H15N2S+. The summed E-state index contributed by atoms with van der Waals surface area (Å²) in [5, 5.41) is 3.22. The van der Waals surface area contributed by atoms with Gasteiger partial charge in [0.1, 0.15) is 0 Å². The van der Waals surface area contributed by atoms with Crippen LogP contribution in [0, 0.1) is 0 Å². The van der Waals surface area contributed by atoms with Crippen molar-refractivity contribution in [2.24, 2.45) is 0 Å². The first kappa shape index (κ1) is 8.27. The molecule has 0 atom stereocenters. The maximum Gasteiger partial charge on any atom is 0.0752 e. The van der Waals surface area contributed by atoms with Gasteiger partial charge in [-0.15, -0.1) is 0 Å². The van der Waals surface area contributed by atoms with Crippen LogP contribution >= 0.6 is 12.6 Å². The Kier molecular flexibility index (Phi) is 7.52. The highest BCUT2D eigenvalue weighted by molar-refractivity contribution is 7.80. The maximum absolute atomic E-state index is 4.04. The maximum atomic E-state index is 4.04. The SMILES string of the molecule is [NH3+]CCCNCCS. The van der Waals surface area contributed by atoms with Gasteiger partial charge in [0.2, 0.25) is 0 Å². The summed E-state index contributed by atoms with van der Waals surface area (Å²) in [7, 11) is 0. The molecule has 0 unspecified atom stereocenters. The number of quaternary nitrogens is 1. The Morgan fingerprint density at radius 2 is 2.12 bits per heavy atom. The van der Waals surface area contributed by atoms with Gasteiger partial charge in [0.05, 0.1) is 6.54 Å². The molecule has 0 fully saturated rings.